The van der Waals surface area contributed by atoms with Crippen LogP contribution in [0.15, 0.2) is 0 Å². The number of hydrogen-bond acceptors (Lipinski definition) is 0. The summed E-state index contributed by atoms with van der Waals surface area (Å²) in [5.41, 5.74) is 0.712. The van der Waals surface area contributed by atoms with Gasteiger partial charge in [0.1, 0.15) is 0 Å². The van der Waals surface area contributed by atoms with Crippen molar-refractivity contribution in [2.24, 2.45) is 29.1 Å². The van der Waals surface area contributed by atoms with Gasteiger partial charge in [-0.3, -0.25) is 0 Å². The largest absolute Gasteiger partial charge is 0.0622 e. The molecule has 0 aliphatic heterocycles. The Morgan fingerprint density at radius 3 is 2.09 bits per heavy atom. The van der Waals surface area contributed by atoms with Crippen molar-refractivity contribution in [2.45, 2.75) is 40.5 Å². The first kappa shape index (κ1) is 7.64. The minimum absolute atomic E-state index is 0.712. The van der Waals surface area contributed by atoms with Gasteiger partial charge in [-0.1, -0.05) is 27.7 Å². The fraction of sp³-hybridized carbons (Fsp3) is 1.00. The van der Waals surface area contributed by atoms with E-state index in [2.05, 4.69) is 27.7 Å². The molecule has 0 aromatic carbocycles. The average molecular weight is 152 g/mol. The van der Waals surface area contributed by atoms with Crippen LogP contribution in [0.2, 0.25) is 0 Å². The van der Waals surface area contributed by atoms with Crippen LogP contribution in [0.1, 0.15) is 40.5 Å². The number of hydrogen-bond donors (Lipinski definition) is 0. The Morgan fingerprint density at radius 2 is 1.73 bits per heavy atom. The third-order valence-electron chi connectivity index (χ3n) is 4.78. The molecule has 64 valence electrons. The van der Waals surface area contributed by atoms with Crippen molar-refractivity contribution >= 4 is 0 Å². The predicted octanol–water partition coefficient (Wildman–Crippen LogP) is 3.32. The van der Waals surface area contributed by atoms with Crippen molar-refractivity contribution in [1.82, 2.24) is 0 Å². The quantitative estimate of drug-likeness (QED) is 0.499. The Labute approximate surface area is 70.4 Å². The minimum Gasteiger partial charge on any atom is -0.0622 e. The van der Waals surface area contributed by atoms with E-state index in [1.54, 1.807) is 0 Å². The van der Waals surface area contributed by atoms with E-state index in [0.29, 0.717) is 5.41 Å². The first-order valence-corrected chi connectivity index (χ1v) is 5.04. The van der Waals surface area contributed by atoms with Gasteiger partial charge in [0.15, 0.2) is 0 Å². The van der Waals surface area contributed by atoms with Gasteiger partial charge in [-0.2, -0.15) is 0 Å². The second-order valence-electron chi connectivity index (χ2n) is 5.35. The van der Waals surface area contributed by atoms with Gasteiger partial charge >= 0.3 is 0 Å². The Morgan fingerprint density at radius 1 is 1.09 bits per heavy atom. The van der Waals surface area contributed by atoms with Gasteiger partial charge in [-0.05, 0) is 41.9 Å². The fourth-order valence-corrected chi connectivity index (χ4v) is 3.79. The minimum atomic E-state index is 0.712. The Hall–Kier alpha value is 0. The Bertz CT molecular complexity index is 173. The van der Waals surface area contributed by atoms with Crippen molar-refractivity contribution in [2.75, 3.05) is 0 Å². The summed E-state index contributed by atoms with van der Waals surface area (Å²) in [6.45, 7) is 9.85. The van der Waals surface area contributed by atoms with Crippen LogP contribution in [0.3, 0.4) is 0 Å². The third kappa shape index (κ3) is 0.816. The maximum absolute atomic E-state index is 2.50. The zero-order valence-electron chi connectivity index (χ0n) is 8.22. The molecule has 5 unspecified atom stereocenters. The highest BCUT2D eigenvalue weighted by Crippen LogP contribution is 2.62. The molecule has 0 amide bonds. The van der Waals surface area contributed by atoms with Gasteiger partial charge in [-0.25, -0.2) is 0 Å². The summed E-state index contributed by atoms with van der Waals surface area (Å²) in [5.74, 6) is 4.02. The van der Waals surface area contributed by atoms with E-state index in [4.69, 9.17) is 0 Å². The molecule has 2 bridgehead atoms. The zero-order valence-corrected chi connectivity index (χ0v) is 8.22. The van der Waals surface area contributed by atoms with Gasteiger partial charge in [0, 0.05) is 0 Å². The SMILES string of the molecule is CC1CC2(C)CC1C(C)C2C. The van der Waals surface area contributed by atoms with E-state index in [1.165, 1.54) is 12.8 Å². The third-order valence-corrected chi connectivity index (χ3v) is 4.78. The molecule has 2 rings (SSSR count). The maximum atomic E-state index is 2.50. The van der Waals surface area contributed by atoms with E-state index < -0.39 is 0 Å². The van der Waals surface area contributed by atoms with E-state index in [1.807, 2.05) is 0 Å². The maximum Gasteiger partial charge on any atom is -0.0292 e. The summed E-state index contributed by atoms with van der Waals surface area (Å²) < 4.78 is 0. The molecule has 0 nitrogen and oxygen atoms in total. The molecule has 0 spiro atoms. The van der Waals surface area contributed by atoms with Crippen LogP contribution in [0.25, 0.3) is 0 Å². The monoisotopic (exact) mass is 152 g/mol. The molecular weight excluding hydrogens is 132 g/mol. The Kier molecular flexibility index (Phi) is 1.41. The van der Waals surface area contributed by atoms with E-state index in [0.717, 1.165) is 23.7 Å². The van der Waals surface area contributed by atoms with Gasteiger partial charge in [0.25, 0.3) is 0 Å². The van der Waals surface area contributed by atoms with E-state index in [-0.39, 0.29) is 0 Å². The predicted molar refractivity (Wildman–Crippen MR) is 48.3 cm³/mol. The highest BCUT2D eigenvalue weighted by molar-refractivity contribution is 5.03. The lowest BCUT2D eigenvalue weighted by Gasteiger charge is -2.35. The van der Waals surface area contributed by atoms with Crippen molar-refractivity contribution in [3.63, 3.8) is 0 Å². The van der Waals surface area contributed by atoms with Gasteiger partial charge in [0.2, 0.25) is 0 Å². The van der Waals surface area contributed by atoms with Crippen LogP contribution in [-0.4, -0.2) is 0 Å². The molecule has 0 heterocycles. The molecule has 2 aliphatic rings. The highest BCUT2D eigenvalue weighted by Gasteiger charge is 2.54. The van der Waals surface area contributed by atoms with E-state index in [9.17, 15) is 0 Å². The molecule has 2 aliphatic carbocycles. The lowest BCUT2D eigenvalue weighted by Crippen LogP contribution is -2.28. The highest BCUT2D eigenvalue weighted by atomic mass is 14.6. The van der Waals surface area contributed by atoms with Gasteiger partial charge in [0.05, 0.1) is 0 Å². The van der Waals surface area contributed by atoms with Crippen LogP contribution >= 0.6 is 0 Å². The molecule has 0 aromatic heterocycles. The molecule has 5 atom stereocenters. The molecule has 11 heavy (non-hydrogen) atoms. The van der Waals surface area contributed by atoms with Gasteiger partial charge in [-0.15, -0.1) is 0 Å². The summed E-state index contributed by atoms with van der Waals surface area (Å²) >= 11 is 0. The molecular formula is C11H20. The smallest absolute Gasteiger partial charge is 0.0292 e. The molecule has 2 fully saturated rings. The number of rotatable bonds is 0. The van der Waals surface area contributed by atoms with Gasteiger partial charge < -0.3 is 0 Å². The first-order valence-electron chi connectivity index (χ1n) is 5.04. The first-order chi connectivity index (χ1) is 5.04. The summed E-state index contributed by atoms with van der Waals surface area (Å²) in [4.78, 5) is 0. The van der Waals surface area contributed by atoms with Crippen molar-refractivity contribution in [3.8, 4) is 0 Å². The van der Waals surface area contributed by atoms with Crippen molar-refractivity contribution in [3.05, 3.63) is 0 Å². The van der Waals surface area contributed by atoms with Crippen LogP contribution in [0, 0.1) is 29.1 Å². The lowest BCUT2D eigenvalue weighted by atomic mass is 9.70. The average Bonchev–Trinajstić information content (AvgIpc) is 2.32. The molecule has 2 saturated carbocycles. The normalized spacial score (nSPS) is 62.2. The molecule has 0 heteroatoms. The second kappa shape index (κ2) is 2.02. The summed E-state index contributed by atoms with van der Waals surface area (Å²) in [6, 6.07) is 0. The zero-order chi connectivity index (χ0) is 8.22. The molecule has 0 aromatic rings. The summed E-state index contributed by atoms with van der Waals surface area (Å²) in [7, 11) is 0. The summed E-state index contributed by atoms with van der Waals surface area (Å²) in [5, 5.41) is 0. The fourth-order valence-electron chi connectivity index (χ4n) is 3.79. The van der Waals surface area contributed by atoms with Crippen LogP contribution < -0.4 is 0 Å². The molecule has 0 saturated heterocycles. The molecule has 0 radical (unpaired) electrons. The standard InChI is InChI=1S/C11H20/c1-7-5-11(4)6-10(7)8(2)9(11)3/h7-10H,5-6H2,1-4H3. The van der Waals surface area contributed by atoms with Crippen LogP contribution in [0.5, 0.6) is 0 Å². The van der Waals surface area contributed by atoms with E-state index >= 15 is 0 Å². The van der Waals surface area contributed by atoms with Crippen molar-refractivity contribution < 1.29 is 0 Å². The molecule has 0 N–H and O–H groups in total. The topological polar surface area (TPSA) is 0 Å². The van der Waals surface area contributed by atoms with Crippen LogP contribution in [0.4, 0.5) is 0 Å². The summed E-state index contributed by atoms with van der Waals surface area (Å²) in [6.07, 6.45) is 3.00. The van der Waals surface area contributed by atoms with Crippen molar-refractivity contribution in [1.29, 1.82) is 0 Å². The lowest BCUT2D eigenvalue weighted by molar-refractivity contribution is 0.137. The second-order valence-corrected chi connectivity index (χ2v) is 5.35. The Balaban J connectivity index is 2.27. The van der Waals surface area contributed by atoms with Crippen LogP contribution in [-0.2, 0) is 0 Å². The number of fused-ring (bicyclic) bond motifs is 2.